The van der Waals surface area contributed by atoms with Crippen molar-refractivity contribution in [3.8, 4) is 0 Å². The fourth-order valence-electron chi connectivity index (χ4n) is 4.09. The van der Waals surface area contributed by atoms with Crippen molar-refractivity contribution in [2.75, 3.05) is 39.8 Å². The van der Waals surface area contributed by atoms with E-state index in [1.165, 1.54) is 83.5 Å². The van der Waals surface area contributed by atoms with Crippen LogP contribution in [0.25, 0.3) is 0 Å². The lowest BCUT2D eigenvalue weighted by atomic mass is 10.1. The maximum atomic E-state index is 12.3. The number of carboxylic acid groups (broad SMARTS) is 1. The van der Waals surface area contributed by atoms with E-state index in [2.05, 4.69) is 37.6 Å². The van der Waals surface area contributed by atoms with Gasteiger partial charge in [0.05, 0.1) is 0 Å². The van der Waals surface area contributed by atoms with Gasteiger partial charge in [-0.15, -0.1) is 0 Å². The molecule has 38 heavy (non-hydrogen) atoms. The molecule has 0 bridgehead atoms. The Hall–Kier alpha value is -1.89. The number of carbonyl (C=O) groups is 3. The summed E-state index contributed by atoms with van der Waals surface area (Å²) in [6.45, 7) is 14.5. The van der Waals surface area contributed by atoms with E-state index in [1.54, 1.807) is 4.90 Å². The van der Waals surface area contributed by atoms with Crippen LogP contribution in [0, 0.1) is 0 Å². The number of carbonyl (C=O) groups excluding carboxylic acids is 2. The first-order valence-electron chi connectivity index (χ1n) is 15.4. The van der Waals surface area contributed by atoms with E-state index >= 15 is 0 Å². The molecule has 0 saturated carbocycles. The van der Waals surface area contributed by atoms with Crippen LogP contribution in [-0.4, -0.2) is 72.5 Å². The zero-order chi connectivity index (χ0) is 28.9. The number of nitrogens with zero attached hydrogens (tertiary/aromatic N) is 2. The highest BCUT2D eigenvalue weighted by molar-refractivity contribution is 5.83. The van der Waals surface area contributed by atoms with Crippen molar-refractivity contribution in [1.29, 1.82) is 0 Å². The first kappa shape index (κ1) is 38.3. The Morgan fingerprint density at radius 2 is 1.13 bits per heavy atom. The largest absolute Gasteiger partial charge is 0.478 e. The van der Waals surface area contributed by atoms with Crippen molar-refractivity contribution >= 4 is 17.8 Å². The highest BCUT2D eigenvalue weighted by Gasteiger charge is 2.11. The summed E-state index contributed by atoms with van der Waals surface area (Å²) in [5.74, 6) is -0.888. The van der Waals surface area contributed by atoms with Crippen molar-refractivity contribution in [3.05, 3.63) is 12.7 Å². The molecular weight excluding hydrogens is 478 g/mol. The van der Waals surface area contributed by atoms with Gasteiger partial charge in [0.25, 0.3) is 0 Å². The Morgan fingerprint density at radius 1 is 0.684 bits per heavy atom. The molecule has 0 saturated heterocycles. The van der Waals surface area contributed by atoms with Gasteiger partial charge in [-0.1, -0.05) is 98.0 Å². The predicted octanol–water partition coefficient (Wildman–Crippen LogP) is 6.81. The number of nitrogens with one attached hydrogen (secondary N) is 1. The minimum atomic E-state index is -0.981. The van der Waals surface area contributed by atoms with E-state index < -0.39 is 5.97 Å². The van der Waals surface area contributed by atoms with E-state index in [0.717, 1.165) is 45.1 Å². The Balaban J connectivity index is 0. The monoisotopic (exact) mass is 539 g/mol. The molecule has 0 aliphatic carbocycles. The normalized spacial score (nSPS) is 10.6. The SMILES string of the molecule is C=CC(=O)O.CCCCCCCCCCCCN(C)C(=O)CCC(=O)NCCCN(CCCC)CCCC. The molecule has 0 aromatic carbocycles. The molecule has 0 aliphatic heterocycles. The molecule has 7 heteroatoms. The van der Waals surface area contributed by atoms with Gasteiger partial charge in [-0.3, -0.25) is 9.59 Å². The quantitative estimate of drug-likeness (QED) is 0.0982. The summed E-state index contributed by atoms with van der Waals surface area (Å²) in [5.41, 5.74) is 0. The molecule has 0 aliphatic rings. The third kappa shape index (κ3) is 28.7. The molecule has 0 aromatic heterocycles. The van der Waals surface area contributed by atoms with Crippen LogP contribution < -0.4 is 5.32 Å². The minimum Gasteiger partial charge on any atom is -0.478 e. The van der Waals surface area contributed by atoms with Crippen LogP contribution in [0.5, 0.6) is 0 Å². The Labute approximate surface area is 234 Å². The number of carboxylic acids is 1. The van der Waals surface area contributed by atoms with Crippen LogP contribution in [0.15, 0.2) is 12.7 Å². The maximum Gasteiger partial charge on any atom is 0.327 e. The number of hydrogen-bond donors (Lipinski definition) is 2. The van der Waals surface area contributed by atoms with E-state index in [-0.39, 0.29) is 11.8 Å². The number of unbranched alkanes of at least 4 members (excludes halogenated alkanes) is 11. The predicted molar refractivity (Wildman–Crippen MR) is 160 cm³/mol. The molecule has 0 fully saturated rings. The summed E-state index contributed by atoms with van der Waals surface area (Å²) in [4.78, 5) is 38.0. The molecule has 0 rings (SSSR count). The van der Waals surface area contributed by atoms with Gasteiger partial charge in [-0.05, 0) is 45.3 Å². The molecule has 2 amide bonds. The highest BCUT2D eigenvalue weighted by atomic mass is 16.4. The highest BCUT2D eigenvalue weighted by Crippen LogP contribution is 2.11. The lowest BCUT2D eigenvalue weighted by molar-refractivity contribution is -0.132. The minimum absolute atomic E-state index is 0.00403. The van der Waals surface area contributed by atoms with Crippen LogP contribution in [0.2, 0.25) is 0 Å². The lowest BCUT2D eigenvalue weighted by Gasteiger charge is -2.22. The van der Waals surface area contributed by atoms with Crippen LogP contribution in [0.1, 0.15) is 130 Å². The van der Waals surface area contributed by atoms with E-state index in [4.69, 9.17) is 5.11 Å². The van der Waals surface area contributed by atoms with Gasteiger partial charge in [0.15, 0.2) is 0 Å². The Bertz CT molecular complexity index is 575. The zero-order valence-corrected chi connectivity index (χ0v) is 25.4. The molecule has 7 nitrogen and oxygen atoms in total. The number of hydrogen-bond acceptors (Lipinski definition) is 4. The van der Waals surface area contributed by atoms with Gasteiger partial charge in [-0.25, -0.2) is 4.79 Å². The average Bonchev–Trinajstić information content (AvgIpc) is 2.91. The molecule has 0 spiro atoms. The van der Waals surface area contributed by atoms with Gasteiger partial charge < -0.3 is 20.2 Å². The second kappa shape index (κ2) is 29.7. The maximum absolute atomic E-state index is 12.3. The smallest absolute Gasteiger partial charge is 0.327 e. The second-order valence-electron chi connectivity index (χ2n) is 10.3. The second-order valence-corrected chi connectivity index (χ2v) is 10.3. The van der Waals surface area contributed by atoms with Crippen molar-refractivity contribution < 1.29 is 19.5 Å². The van der Waals surface area contributed by atoms with E-state index in [9.17, 15) is 14.4 Å². The van der Waals surface area contributed by atoms with E-state index in [0.29, 0.717) is 19.4 Å². The van der Waals surface area contributed by atoms with Crippen molar-refractivity contribution in [1.82, 2.24) is 15.1 Å². The van der Waals surface area contributed by atoms with Gasteiger partial charge in [0, 0.05) is 39.1 Å². The van der Waals surface area contributed by atoms with Gasteiger partial charge in [0.1, 0.15) is 0 Å². The summed E-state index contributed by atoms with van der Waals surface area (Å²) in [7, 11) is 1.87. The van der Waals surface area contributed by atoms with Crippen LogP contribution >= 0.6 is 0 Å². The van der Waals surface area contributed by atoms with Crippen LogP contribution in [0.3, 0.4) is 0 Å². The molecule has 224 valence electrons. The molecular formula is C31H61N3O4. The summed E-state index contributed by atoms with van der Waals surface area (Å²) < 4.78 is 0. The molecule has 0 radical (unpaired) electrons. The topological polar surface area (TPSA) is 90.0 Å². The number of amides is 2. The molecule has 2 N–H and O–H groups in total. The molecule has 0 heterocycles. The van der Waals surface area contributed by atoms with Gasteiger partial charge >= 0.3 is 5.97 Å². The molecule has 0 aromatic rings. The molecule has 0 atom stereocenters. The lowest BCUT2D eigenvalue weighted by Crippen LogP contribution is -2.32. The summed E-state index contributed by atoms with van der Waals surface area (Å²) in [6.07, 6.45) is 20.4. The Morgan fingerprint density at radius 3 is 1.61 bits per heavy atom. The first-order valence-corrected chi connectivity index (χ1v) is 15.4. The standard InChI is InChI=1S/C28H57N3O2.C3H4O2/c1-5-8-11-12-13-14-15-16-17-18-23-30(4)28(33)21-20-27(32)29-22-19-26-31(24-9-6-2)25-10-7-3;1-2-3(4)5/h5-26H2,1-4H3,(H,29,32);2H,1H2,(H,4,5). The van der Waals surface area contributed by atoms with Crippen molar-refractivity contribution in [2.24, 2.45) is 0 Å². The van der Waals surface area contributed by atoms with Crippen LogP contribution in [-0.2, 0) is 14.4 Å². The third-order valence-corrected chi connectivity index (χ3v) is 6.64. The van der Waals surface area contributed by atoms with Crippen molar-refractivity contribution in [2.45, 2.75) is 130 Å². The number of rotatable bonds is 25. The number of aliphatic carboxylic acids is 1. The average molecular weight is 540 g/mol. The van der Waals surface area contributed by atoms with Crippen molar-refractivity contribution in [3.63, 3.8) is 0 Å². The molecule has 0 unspecified atom stereocenters. The van der Waals surface area contributed by atoms with Gasteiger partial charge in [-0.2, -0.15) is 0 Å². The van der Waals surface area contributed by atoms with E-state index in [1.807, 2.05) is 7.05 Å². The first-order chi connectivity index (χ1) is 18.3. The zero-order valence-electron chi connectivity index (χ0n) is 25.4. The third-order valence-electron chi connectivity index (χ3n) is 6.64. The van der Waals surface area contributed by atoms with Gasteiger partial charge in [0.2, 0.25) is 11.8 Å². The summed E-state index contributed by atoms with van der Waals surface area (Å²) >= 11 is 0. The van der Waals surface area contributed by atoms with Crippen LogP contribution in [0.4, 0.5) is 0 Å². The fourth-order valence-corrected chi connectivity index (χ4v) is 4.09. The summed E-state index contributed by atoms with van der Waals surface area (Å²) in [6, 6.07) is 0. The fraction of sp³-hybridized carbons (Fsp3) is 0.839. The Kier molecular flexibility index (Phi) is 29.9. The summed E-state index contributed by atoms with van der Waals surface area (Å²) in [5, 5.41) is 10.6.